The van der Waals surface area contributed by atoms with Crippen LogP contribution in [0.15, 0.2) is 121 Å². The molecule has 0 atom stereocenters. The van der Waals surface area contributed by atoms with Gasteiger partial charge in [0.05, 0.1) is 0 Å². The van der Waals surface area contributed by atoms with E-state index < -0.39 is 0 Å². The van der Waals surface area contributed by atoms with Crippen molar-refractivity contribution < 1.29 is 0 Å². The lowest BCUT2D eigenvalue weighted by Crippen LogP contribution is -1.82. The monoisotopic (exact) mass is 358 g/mol. The molecule has 0 spiro atoms. The van der Waals surface area contributed by atoms with Crippen molar-refractivity contribution in [1.29, 1.82) is 0 Å². The third kappa shape index (κ3) is 4.19. The second kappa shape index (κ2) is 8.83. The maximum absolute atomic E-state index is 2.17. The van der Waals surface area contributed by atoms with E-state index in [0.717, 1.165) is 0 Å². The predicted molar refractivity (Wildman–Crippen MR) is 122 cm³/mol. The van der Waals surface area contributed by atoms with Crippen molar-refractivity contribution in [3.05, 3.63) is 132 Å². The first-order valence-corrected chi connectivity index (χ1v) is 9.55. The van der Waals surface area contributed by atoms with Crippen molar-refractivity contribution in [2.24, 2.45) is 0 Å². The molecule has 4 aromatic carbocycles. The number of rotatable bonds is 5. The minimum Gasteiger partial charge on any atom is -0.0622 e. The van der Waals surface area contributed by atoms with Crippen LogP contribution in [0.25, 0.3) is 34.4 Å². The maximum atomic E-state index is 2.17. The van der Waals surface area contributed by atoms with Gasteiger partial charge in [-0.25, -0.2) is 0 Å². The molecule has 134 valence electrons. The summed E-state index contributed by atoms with van der Waals surface area (Å²) in [4.78, 5) is 0. The first-order valence-electron chi connectivity index (χ1n) is 9.55. The molecular weight excluding hydrogens is 336 g/mol. The Kier molecular flexibility index (Phi) is 5.60. The number of allylic oxidation sites excluding steroid dienone is 2. The minimum absolute atomic E-state index is 1.22. The van der Waals surface area contributed by atoms with E-state index in [1.165, 1.54) is 33.4 Å². The number of hydrogen-bond acceptors (Lipinski definition) is 0. The topological polar surface area (TPSA) is 0 Å². The van der Waals surface area contributed by atoms with Gasteiger partial charge in [-0.3, -0.25) is 0 Å². The summed E-state index contributed by atoms with van der Waals surface area (Å²) in [6.07, 6.45) is 8.57. The van der Waals surface area contributed by atoms with E-state index in [1.54, 1.807) is 0 Å². The maximum Gasteiger partial charge on any atom is -0.0111 e. The zero-order valence-electron chi connectivity index (χ0n) is 15.7. The zero-order chi connectivity index (χ0) is 19.0. The van der Waals surface area contributed by atoms with Crippen molar-refractivity contribution in [3.8, 4) is 22.3 Å². The molecule has 0 saturated carbocycles. The number of benzene rings is 4. The molecule has 0 aliphatic rings. The summed E-state index contributed by atoms with van der Waals surface area (Å²) < 4.78 is 0. The van der Waals surface area contributed by atoms with Crippen LogP contribution in [0.3, 0.4) is 0 Å². The molecule has 0 heteroatoms. The molecule has 0 heterocycles. The van der Waals surface area contributed by atoms with Crippen LogP contribution < -0.4 is 0 Å². The van der Waals surface area contributed by atoms with Crippen LogP contribution in [-0.2, 0) is 0 Å². The van der Waals surface area contributed by atoms with Gasteiger partial charge in [0.25, 0.3) is 0 Å². The van der Waals surface area contributed by atoms with Gasteiger partial charge in [-0.05, 0) is 33.4 Å². The van der Waals surface area contributed by atoms with Gasteiger partial charge < -0.3 is 0 Å². The van der Waals surface area contributed by atoms with Crippen molar-refractivity contribution in [1.82, 2.24) is 0 Å². The quantitative estimate of drug-likeness (QED) is 0.320. The third-order valence-corrected chi connectivity index (χ3v) is 4.75. The fourth-order valence-corrected chi connectivity index (χ4v) is 3.36. The Morgan fingerprint density at radius 2 is 0.714 bits per heavy atom. The van der Waals surface area contributed by atoms with Gasteiger partial charge in [-0.15, -0.1) is 0 Å². The van der Waals surface area contributed by atoms with Crippen LogP contribution >= 0.6 is 0 Å². The van der Waals surface area contributed by atoms with E-state index in [4.69, 9.17) is 0 Å². The first kappa shape index (κ1) is 17.8. The molecule has 4 rings (SSSR count). The number of hydrogen-bond donors (Lipinski definition) is 0. The van der Waals surface area contributed by atoms with Crippen molar-refractivity contribution >= 4 is 12.2 Å². The van der Waals surface area contributed by atoms with Crippen molar-refractivity contribution in [2.45, 2.75) is 0 Å². The molecule has 0 amide bonds. The molecule has 0 nitrogen and oxygen atoms in total. The summed E-state index contributed by atoms with van der Waals surface area (Å²) >= 11 is 0. The molecule has 0 radical (unpaired) electrons. The van der Waals surface area contributed by atoms with Gasteiger partial charge in [0.15, 0.2) is 0 Å². The van der Waals surface area contributed by atoms with E-state index in [-0.39, 0.29) is 0 Å². The third-order valence-electron chi connectivity index (χ3n) is 4.75. The highest BCUT2D eigenvalue weighted by molar-refractivity contribution is 5.78. The second-order valence-electron chi connectivity index (χ2n) is 6.62. The molecule has 0 aliphatic carbocycles. The van der Waals surface area contributed by atoms with Crippen LogP contribution in [0.2, 0.25) is 0 Å². The van der Waals surface area contributed by atoms with Gasteiger partial charge >= 0.3 is 0 Å². The molecule has 0 bridgehead atoms. The van der Waals surface area contributed by atoms with Crippen molar-refractivity contribution in [2.75, 3.05) is 0 Å². The fourth-order valence-electron chi connectivity index (χ4n) is 3.36. The molecule has 0 fully saturated rings. The highest BCUT2D eigenvalue weighted by Crippen LogP contribution is 2.26. The molecule has 0 aromatic heterocycles. The van der Waals surface area contributed by atoms with Crippen molar-refractivity contribution in [3.63, 3.8) is 0 Å². The molecule has 0 N–H and O–H groups in total. The van der Waals surface area contributed by atoms with E-state index >= 15 is 0 Å². The first-order chi connectivity index (χ1) is 13.9. The Balaban J connectivity index is 1.59. The largest absolute Gasteiger partial charge is 0.0622 e. The van der Waals surface area contributed by atoms with E-state index in [9.17, 15) is 0 Å². The SMILES string of the molecule is C(/C=C/c1ccccc1-c1ccccc1)=C\c1ccccc1-c1ccccc1. The normalized spacial score (nSPS) is 11.3. The Hall–Kier alpha value is -3.64. The predicted octanol–water partition coefficient (Wildman–Crippen LogP) is 7.75. The standard InChI is InChI=1S/C28H22/c1-3-13-23(14-4-1)27-21-11-9-19-25(27)17-7-8-18-26-20-10-12-22-28(26)24-15-5-2-6-16-24/h1-22H/b17-7+,18-8+. The minimum atomic E-state index is 1.22. The Morgan fingerprint density at radius 1 is 0.357 bits per heavy atom. The molecule has 0 unspecified atom stereocenters. The Bertz CT molecular complexity index is 996. The van der Waals surface area contributed by atoms with Gasteiger partial charge in [0, 0.05) is 0 Å². The lowest BCUT2D eigenvalue weighted by Gasteiger charge is -2.06. The van der Waals surface area contributed by atoms with Crippen LogP contribution in [0.5, 0.6) is 0 Å². The van der Waals surface area contributed by atoms with Gasteiger partial charge in [0.2, 0.25) is 0 Å². The van der Waals surface area contributed by atoms with E-state index in [1.807, 2.05) is 0 Å². The zero-order valence-corrected chi connectivity index (χ0v) is 15.7. The van der Waals surface area contributed by atoms with Gasteiger partial charge in [-0.2, -0.15) is 0 Å². The average molecular weight is 358 g/mol. The highest BCUT2D eigenvalue weighted by Gasteiger charge is 2.02. The van der Waals surface area contributed by atoms with Gasteiger partial charge in [-0.1, -0.05) is 133 Å². The lowest BCUT2D eigenvalue weighted by atomic mass is 9.98. The smallest absolute Gasteiger partial charge is 0.0111 e. The molecule has 0 saturated heterocycles. The Labute approximate surface area is 167 Å². The van der Waals surface area contributed by atoms with Crippen LogP contribution in [0, 0.1) is 0 Å². The summed E-state index contributed by atoms with van der Waals surface area (Å²) in [5, 5.41) is 0. The Morgan fingerprint density at radius 3 is 1.14 bits per heavy atom. The fraction of sp³-hybridized carbons (Fsp3) is 0. The molecule has 0 aliphatic heterocycles. The van der Waals surface area contributed by atoms with Gasteiger partial charge in [0.1, 0.15) is 0 Å². The van der Waals surface area contributed by atoms with Crippen LogP contribution in [0.4, 0.5) is 0 Å². The summed E-state index contributed by atoms with van der Waals surface area (Å²) in [7, 11) is 0. The van der Waals surface area contributed by atoms with E-state index in [2.05, 4.69) is 133 Å². The molecular formula is C28H22. The molecule has 28 heavy (non-hydrogen) atoms. The molecule has 4 aromatic rings. The van der Waals surface area contributed by atoms with Crippen LogP contribution in [0.1, 0.15) is 11.1 Å². The van der Waals surface area contributed by atoms with Crippen LogP contribution in [-0.4, -0.2) is 0 Å². The highest BCUT2D eigenvalue weighted by atomic mass is 14.1. The summed E-state index contributed by atoms with van der Waals surface area (Å²) in [5.41, 5.74) is 7.40. The summed E-state index contributed by atoms with van der Waals surface area (Å²) in [6.45, 7) is 0. The summed E-state index contributed by atoms with van der Waals surface area (Å²) in [5.74, 6) is 0. The average Bonchev–Trinajstić information content (AvgIpc) is 2.78. The lowest BCUT2D eigenvalue weighted by molar-refractivity contribution is 1.59. The van der Waals surface area contributed by atoms with E-state index in [0.29, 0.717) is 0 Å². The summed E-state index contributed by atoms with van der Waals surface area (Å²) in [6, 6.07) is 38.0. The second-order valence-corrected chi connectivity index (χ2v) is 6.62.